The summed E-state index contributed by atoms with van der Waals surface area (Å²) >= 11 is 3.98. The summed E-state index contributed by atoms with van der Waals surface area (Å²) < 4.78 is 0. The lowest BCUT2D eigenvalue weighted by Crippen LogP contribution is -2.14. The standard InChI is InChI=1S/C21H29NS2/c1-4-5-15-24-20-12-10-18(11-13-20)21-9-7-6-8-19(21)17-23-16-14-22(2)3/h6-13H,4-5,14-17H2,1-3H3. The second-order valence-corrected chi connectivity index (χ2v) is 8.51. The summed E-state index contributed by atoms with van der Waals surface area (Å²) in [5.74, 6) is 3.47. The Bertz CT molecular complexity index is 593. The van der Waals surface area contributed by atoms with Crippen molar-refractivity contribution in [3.63, 3.8) is 0 Å². The number of thioether (sulfide) groups is 2. The molecule has 0 bridgehead atoms. The summed E-state index contributed by atoms with van der Waals surface area (Å²) in [6, 6.07) is 17.9. The van der Waals surface area contributed by atoms with Gasteiger partial charge in [-0.2, -0.15) is 11.8 Å². The van der Waals surface area contributed by atoms with Crippen molar-refractivity contribution < 1.29 is 0 Å². The first-order valence-electron chi connectivity index (χ1n) is 8.74. The average Bonchev–Trinajstić information content (AvgIpc) is 2.60. The van der Waals surface area contributed by atoms with Crippen LogP contribution in [-0.2, 0) is 5.75 Å². The van der Waals surface area contributed by atoms with Crippen LogP contribution < -0.4 is 0 Å². The summed E-state index contributed by atoms with van der Waals surface area (Å²) in [7, 11) is 4.27. The molecule has 0 aliphatic carbocycles. The molecule has 24 heavy (non-hydrogen) atoms. The maximum Gasteiger partial charge on any atom is 0.0191 e. The minimum absolute atomic E-state index is 1.08. The van der Waals surface area contributed by atoms with E-state index in [0.717, 1.165) is 12.3 Å². The molecule has 3 heteroatoms. The molecule has 0 aliphatic rings. The van der Waals surface area contributed by atoms with E-state index in [9.17, 15) is 0 Å². The third-order valence-corrected chi connectivity index (χ3v) is 5.97. The van der Waals surface area contributed by atoms with E-state index in [2.05, 4.69) is 74.4 Å². The number of unbranched alkanes of at least 4 members (excludes halogenated alkanes) is 1. The summed E-state index contributed by atoms with van der Waals surface area (Å²) in [5, 5.41) is 0. The second kappa shape index (κ2) is 10.9. The van der Waals surface area contributed by atoms with Crippen LogP contribution in [0.5, 0.6) is 0 Å². The normalized spacial score (nSPS) is 11.2. The second-order valence-electron chi connectivity index (χ2n) is 6.24. The fourth-order valence-corrected chi connectivity index (χ4v) is 4.53. The largest absolute Gasteiger partial charge is 0.309 e. The van der Waals surface area contributed by atoms with Gasteiger partial charge in [-0.15, -0.1) is 11.8 Å². The van der Waals surface area contributed by atoms with Crippen LogP contribution in [-0.4, -0.2) is 37.0 Å². The van der Waals surface area contributed by atoms with Crippen LogP contribution >= 0.6 is 23.5 Å². The Balaban J connectivity index is 2.00. The van der Waals surface area contributed by atoms with Crippen molar-refractivity contribution in [2.24, 2.45) is 0 Å². The highest BCUT2D eigenvalue weighted by Crippen LogP contribution is 2.29. The zero-order chi connectivity index (χ0) is 17.2. The van der Waals surface area contributed by atoms with Gasteiger partial charge in [0.25, 0.3) is 0 Å². The van der Waals surface area contributed by atoms with E-state index >= 15 is 0 Å². The van der Waals surface area contributed by atoms with Crippen molar-refractivity contribution in [1.82, 2.24) is 4.90 Å². The molecular formula is C21H29NS2. The fourth-order valence-electron chi connectivity index (χ4n) is 2.42. The molecule has 130 valence electrons. The fraction of sp³-hybridized carbons (Fsp3) is 0.429. The van der Waals surface area contributed by atoms with Crippen LogP contribution in [0, 0.1) is 0 Å². The van der Waals surface area contributed by atoms with Gasteiger partial charge >= 0.3 is 0 Å². The molecule has 0 fully saturated rings. The van der Waals surface area contributed by atoms with Gasteiger partial charge in [0.2, 0.25) is 0 Å². The number of benzene rings is 2. The van der Waals surface area contributed by atoms with Crippen molar-refractivity contribution in [3.8, 4) is 11.1 Å². The number of hydrogen-bond donors (Lipinski definition) is 0. The summed E-state index contributed by atoms with van der Waals surface area (Å²) in [4.78, 5) is 3.62. The molecule has 0 amide bonds. The van der Waals surface area contributed by atoms with Crippen LogP contribution in [0.25, 0.3) is 11.1 Å². The Morgan fingerprint density at radius 1 is 0.917 bits per heavy atom. The molecule has 0 spiro atoms. The topological polar surface area (TPSA) is 3.24 Å². The smallest absolute Gasteiger partial charge is 0.0191 e. The Kier molecular flexibility index (Phi) is 8.79. The van der Waals surface area contributed by atoms with Crippen LogP contribution in [0.2, 0.25) is 0 Å². The van der Waals surface area contributed by atoms with E-state index < -0.39 is 0 Å². The predicted molar refractivity (Wildman–Crippen MR) is 112 cm³/mol. The quantitative estimate of drug-likeness (QED) is 0.376. The highest BCUT2D eigenvalue weighted by atomic mass is 32.2. The van der Waals surface area contributed by atoms with Crippen LogP contribution in [0.4, 0.5) is 0 Å². The van der Waals surface area contributed by atoms with E-state index in [-0.39, 0.29) is 0 Å². The molecule has 0 aliphatic heterocycles. The summed E-state index contributed by atoms with van der Waals surface area (Å²) in [6.07, 6.45) is 2.56. The van der Waals surface area contributed by atoms with Crippen LogP contribution in [0.15, 0.2) is 53.4 Å². The van der Waals surface area contributed by atoms with Gasteiger partial charge in [0.15, 0.2) is 0 Å². The highest BCUT2D eigenvalue weighted by Gasteiger charge is 2.05. The monoisotopic (exact) mass is 359 g/mol. The van der Waals surface area contributed by atoms with Gasteiger partial charge in [0.1, 0.15) is 0 Å². The van der Waals surface area contributed by atoms with Crippen LogP contribution in [0.1, 0.15) is 25.3 Å². The predicted octanol–water partition coefficient (Wildman–Crippen LogP) is 6.04. The van der Waals surface area contributed by atoms with E-state index in [1.54, 1.807) is 0 Å². The highest BCUT2D eigenvalue weighted by molar-refractivity contribution is 7.99. The lowest BCUT2D eigenvalue weighted by Gasteiger charge is -2.12. The lowest BCUT2D eigenvalue weighted by molar-refractivity contribution is 0.437. The number of hydrogen-bond acceptors (Lipinski definition) is 3. The molecule has 1 nitrogen and oxygen atoms in total. The zero-order valence-electron chi connectivity index (χ0n) is 15.1. The molecule has 2 rings (SSSR count). The van der Waals surface area contributed by atoms with Gasteiger partial charge in [-0.05, 0) is 55.1 Å². The maximum absolute atomic E-state index is 2.28. The van der Waals surface area contributed by atoms with Gasteiger partial charge in [0.05, 0.1) is 0 Å². The van der Waals surface area contributed by atoms with Gasteiger partial charge in [-0.25, -0.2) is 0 Å². The van der Waals surface area contributed by atoms with Crippen molar-refractivity contribution in [1.29, 1.82) is 0 Å². The molecule has 0 N–H and O–H groups in total. The summed E-state index contributed by atoms with van der Waals surface area (Å²) in [5.41, 5.74) is 4.14. The first-order valence-corrected chi connectivity index (χ1v) is 10.9. The molecule has 0 heterocycles. The van der Waals surface area contributed by atoms with Crippen LogP contribution in [0.3, 0.4) is 0 Å². The molecule has 2 aromatic rings. The Morgan fingerprint density at radius 2 is 1.67 bits per heavy atom. The number of nitrogens with zero attached hydrogens (tertiary/aromatic N) is 1. The molecule has 0 saturated heterocycles. The zero-order valence-corrected chi connectivity index (χ0v) is 16.8. The minimum Gasteiger partial charge on any atom is -0.309 e. The van der Waals surface area contributed by atoms with Gasteiger partial charge < -0.3 is 4.90 Å². The SMILES string of the molecule is CCCCSc1ccc(-c2ccccc2CSCCN(C)C)cc1. The number of rotatable bonds is 10. The van der Waals surface area contributed by atoms with Gasteiger partial charge in [0, 0.05) is 22.9 Å². The minimum atomic E-state index is 1.08. The van der Waals surface area contributed by atoms with Gasteiger partial charge in [-0.3, -0.25) is 0 Å². The van der Waals surface area contributed by atoms with E-state index in [1.807, 2.05) is 23.5 Å². The van der Waals surface area contributed by atoms with E-state index in [1.165, 1.54) is 45.9 Å². The van der Waals surface area contributed by atoms with Crippen molar-refractivity contribution >= 4 is 23.5 Å². The average molecular weight is 360 g/mol. The first-order chi connectivity index (χ1) is 11.7. The Labute approximate surface area is 156 Å². The van der Waals surface area contributed by atoms with Crippen molar-refractivity contribution in [3.05, 3.63) is 54.1 Å². The van der Waals surface area contributed by atoms with E-state index in [4.69, 9.17) is 0 Å². The molecule has 2 aromatic carbocycles. The maximum atomic E-state index is 2.28. The third-order valence-electron chi connectivity index (χ3n) is 3.89. The lowest BCUT2D eigenvalue weighted by atomic mass is 10.0. The Hall–Kier alpha value is -0.900. The molecule has 0 radical (unpaired) electrons. The van der Waals surface area contributed by atoms with Gasteiger partial charge in [-0.1, -0.05) is 49.7 Å². The first kappa shape index (κ1) is 19.4. The molecule has 0 atom stereocenters. The molecular weight excluding hydrogens is 330 g/mol. The molecule has 0 saturated carbocycles. The van der Waals surface area contributed by atoms with Crippen molar-refractivity contribution in [2.45, 2.75) is 30.4 Å². The third kappa shape index (κ3) is 6.54. The molecule has 0 aromatic heterocycles. The Morgan fingerprint density at radius 3 is 2.38 bits per heavy atom. The van der Waals surface area contributed by atoms with E-state index in [0.29, 0.717) is 0 Å². The summed E-state index contributed by atoms with van der Waals surface area (Å²) in [6.45, 7) is 3.38. The van der Waals surface area contributed by atoms with Crippen molar-refractivity contribution in [2.75, 3.05) is 32.1 Å². The molecule has 0 unspecified atom stereocenters.